The summed E-state index contributed by atoms with van der Waals surface area (Å²) in [4.78, 5) is 2.41. The van der Waals surface area contributed by atoms with E-state index in [-0.39, 0.29) is 12.4 Å². The van der Waals surface area contributed by atoms with E-state index in [0.717, 1.165) is 31.1 Å². The zero-order chi connectivity index (χ0) is 14.2. The van der Waals surface area contributed by atoms with Crippen LogP contribution < -0.4 is 14.8 Å². The van der Waals surface area contributed by atoms with E-state index in [0.29, 0.717) is 19.3 Å². The number of nitrogens with zero attached hydrogens (tertiary/aromatic N) is 1. The fourth-order valence-electron chi connectivity index (χ4n) is 2.57. The number of benzene rings is 1. The zero-order valence-electron chi connectivity index (χ0n) is 13.0. The maximum Gasteiger partial charge on any atom is 0.161 e. The van der Waals surface area contributed by atoms with Crippen LogP contribution in [0.5, 0.6) is 11.5 Å². The van der Waals surface area contributed by atoms with Crippen LogP contribution >= 0.6 is 12.4 Å². The van der Waals surface area contributed by atoms with Crippen molar-refractivity contribution in [3.05, 3.63) is 24.3 Å². The molecule has 1 fully saturated rings. The Labute approximate surface area is 134 Å². The molecule has 1 heterocycles. The van der Waals surface area contributed by atoms with Gasteiger partial charge in [0, 0.05) is 12.6 Å². The lowest BCUT2D eigenvalue weighted by Gasteiger charge is -2.31. The van der Waals surface area contributed by atoms with Gasteiger partial charge in [-0.05, 0) is 52.0 Å². The van der Waals surface area contributed by atoms with Crippen LogP contribution in [-0.4, -0.2) is 50.8 Å². The Balaban J connectivity index is 0.00000220. The van der Waals surface area contributed by atoms with Gasteiger partial charge in [0.05, 0.1) is 6.61 Å². The minimum atomic E-state index is 0. The Bertz CT molecular complexity index is 398. The number of para-hydroxylation sites is 2. The van der Waals surface area contributed by atoms with Crippen LogP contribution in [0.25, 0.3) is 0 Å². The van der Waals surface area contributed by atoms with Gasteiger partial charge in [-0.15, -0.1) is 12.4 Å². The number of halogens is 1. The fourth-order valence-corrected chi connectivity index (χ4v) is 2.57. The molecule has 0 atom stereocenters. The second kappa shape index (κ2) is 9.87. The minimum absolute atomic E-state index is 0. The second-order valence-corrected chi connectivity index (χ2v) is 5.19. The van der Waals surface area contributed by atoms with E-state index in [1.165, 1.54) is 12.8 Å². The molecular weight excluding hydrogens is 288 g/mol. The Kier molecular flexibility index (Phi) is 8.50. The second-order valence-electron chi connectivity index (χ2n) is 5.19. The summed E-state index contributed by atoms with van der Waals surface area (Å²) >= 11 is 0. The van der Waals surface area contributed by atoms with Gasteiger partial charge in [0.15, 0.2) is 11.5 Å². The van der Waals surface area contributed by atoms with Gasteiger partial charge >= 0.3 is 0 Å². The summed E-state index contributed by atoms with van der Waals surface area (Å²) in [6.45, 7) is 6.55. The van der Waals surface area contributed by atoms with Crippen LogP contribution in [-0.2, 0) is 0 Å². The van der Waals surface area contributed by atoms with Gasteiger partial charge in [0.1, 0.15) is 6.61 Å². The van der Waals surface area contributed by atoms with Crippen LogP contribution in [0.2, 0.25) is 0 Å². The van der Waals surface area contributed by atoms with Gasteiger partial charge in [-0.2, -0.15) is 0 Å². The van der Waals surface area contributed by atoms with Crippen LogP contribution in [0.1, 0.15) is 19.8 Å². The number of hydrogen-bond donors (Lipinski definition) is 1. The van der Waals surface area contributed by atoms with Crippen molar-refractivity contribution in [3.63, 3.8) is 0 Å². The Morgan fingerprint density at radius 3 is 2.38 bits per heavy atom. The monoisotopic (exact) mass is 314 g/mol. The lowest BCUT2D eigenvalue weighted by Crippen LogP contribution is -2.42. The van der Waals surface area contributed by atoms with Gasteiger partial charge in [-0.1, -0.05) is 12.1 Å². The predicted octanol–water partition coefficient (Wildman–Crippen LogP) is 2.57. The molecule has 1 aliphatic rings. The van der Waals surface area contributed by atoms with Crippen molar-refractivity contribution >= 4 is 12.4 Å². The van der Waals surface area contributed by atoms with Crippen molar-refractivity contribution in [1.29, 1.82) is 0 Å². The van der Waals surface area contributed by atoms with Crippen LogP contribution in [0.3, 0.4) is 0 Å². The molecule has 1 aromatic rings. The highest BCUT2D eigenvalue weighted by Crippen LogP contribution is 2.26. The molecule has 1 aromatic carbocycles. The van der Waals surface area contributed by atoms with E-state index < -0.39 is 0 Å². The Morgan fingerprint density at radius 1 is 1.14 bits per heavy atom. The lowest BCUT2D eigenvalue weighted by molar-refractivity contribution is 0.162. The summed E-state index contributed by atoms with van der Waals surface area (Å²) in [7, 11) is 2.19. The highest BCUT2D eigenvalue weighted by Gasteiger charge is 2.17. The number of likely N-dealkylation sites (N-methyl/N-ethyl adjacent to an activating group) is 1. The van der Waals surface area contributed by atoms with E-state index >= 15 is 0 Å². The highest BCUT2D eigenvalue weighted by molar-refractivity contribution is 5.85. The van der Waals surface area contributed by atoms with Gasteiger partial charge in [0.25, 0.3) is 0 Å². The molecule has 0 spiro atoms. The summed E-state index contributed by atoms with van der Waals surface area (Å²) in [5.41, 5.74) is 0. The molecule has 0 radical (unpaired) electrons. The molecule has 21 heavy (non-hydrogen) atoms. The van der Waals surface area contributed by atoms with Crippen molar-refractivity contribution < 1.29 is 9.47 Å². The van der Waals surface area contributed by atoms with Crippen molar-refractivity contribution in [2.24, 2.45) is 0 Å². The number of rotatable bonds is 7. The molecule has 1 N–H and O–H groups in total. The molecule has 0 amide bonds. The first-order valence-corrected chi connectivity index (χ1v) is 7.57. The number of hydrogen-bond acceptors (Lipinski definition) is 4. The fraction of sp³-hybridized carbons (Fsp3) is 0.625. The average Bonchev–Trinajstić information content (AvgIpc) is 2.50. The first-order chi connectivity index (χ1) is 9.81. The maximum atomic E-state index is 5.87. The quantitative estimate of drug-likeness (QED) is 0.838. The predicted molar refractivity (Wildman–Crippen MR) is 88.9 cm³/mol. The third kappa shape index (κ3) is 5.73. The standard InChI is InChI=1S/C16H26N2O2.ClH/c1-3-19-15-6-4-5-7-16(15)20-13-12-18(2)14-8-10-17-11-9-14;/h4-7,14,17H,3,8-13H2,1-2H3;1H. The Morgan fingerprint density at radius 2 is 1.76 bits per heavy atom. The number of piperidine rings is 1. The maximum absolute atomic E-state index is 5.87. The van der Waals surface area contributed by atoms with E-state index in [9.17, 15) is 0 Å². The summed E-state index contributed by atoms with van der Waals surface area (Å²) in [5.74, 6) is 1.67. The van der Waals surface area contributed by atoms with E-state index in [4.69, 9.17) is 9.47 Å². The van der Waals surface area contributed by atoms with Crippen LogP contribution in [0, 0.1) is 0 Å². The van der Waals surface area contributed by atoms with E-state index in [1.807, 2.05) is 31.2 Å². The average molecular weight is 315 g/mol. The molecule has 5 heteroatoms. The van der Waals surface area contributed by atoms with Crippen LogP contribution in [0.4, 0.5) is 0 Å². The normalized spacial score (nSPS) is 15.6. The highest BCUT2D eigenvalue weighted by atomic mass is 35.5. The van der Waals surface area contributed by atoms with Crippen LogP contribution in [0.15, 0.2) is 24.3 Å². The molecule has 1 saturated heterocycles. The van der Waals surface area contributed by atoms with Crippen molar-refractivity contribution in [3.8, 4) is 11.5 Å². The van der Waals surface area contributed by atoms with Gasteiger partial charge < -0.3 is 14.8 Å². The topological polar surface area (TPSA) is 33.7 Å². The smallest absolute Gasteiger partial charge is 0.161 e. The molecule has 120 valence electrons. The molecule has 2 rings (SSSR count). The largest absolute Gasteiger partial charge is 0.490 e. The summed E-state index contributed by atoms with van der Waals surface area (Å²) < 4.78 is 11.4. The molecule has 0 bridgehead atoms. The van der Waals surface area contributed by atoms with Gasteiger partial charge in [0.2, 0.25) is 0 Å². The summed E-state index contributed by atoms with van der Waals surface area (Å²) in [6, 6.07) is 8.56. The van der Waals surface area contributed by atoms with E-state index in [1.54, 1.807) is 0 Å². The molecule has 0 unspecified atom stereocenters. The SMILES string of the molecule is CCOc1ccccc1OCCN(C)C1CCNCC1.Cl. The number of ether oxygens (including phenoxy) is 2. The third-order valence-corrected chi connectivity index (χ3v) is 3.78. The van der Waals surface area contributed by atoms with E-state index in [2.05, 4.69) is 17.3 Å². The first kappa shape index (κ1) is 18.1. The Hall–Kier alpha value is -0.970. The summed E-state index contributed by atoms with van der Waals surface area (Å²) in [6.07, 6.45) is 2.46. The van der Waals surface area contributed by atoms with Gasteiger partial charge in [-0.3, -0.25) is 4.90 Å². The molecular formula is C16H27ClN2O2. The molecule has 0 saturated carbocycles. The zero-order valence-corrected chi connectivity index (χ0v) is 13.8. The molecule has 1 aliphatic heterocycles. The van der Waals surface area contributed by atoms with Crippen molar-refractivity contribution in [1.82, 2.24) is 10.2 Å². The number of nitrogens with one attached hydrogen (secondary N) is 1. The summed E-state index contributed by atoms with van der Waals surface area (Å²) in [5, 5.41) is 3.40. The lowest BCUT2D eigenvalue weighted by atomic mass is 10.1. The first-order valence-electron chi connectivity index (χ1n) is 7.57. The minimum Gasteiger partial charge on any atom is -0.490 e. The van der Waals surface area contributed by atoms with Crippen molar-refractivity contribution in [2.75, 3.05) is 39.9 Å². The van der Waals surface area contributed by atoms with Gasteiger partial charge in [-0.25, -0.2) is 0 Å². The molecule has 4 nitrogen and oxygen atoms in total. The van der Waals surface area contributed by atoms with Crippen molar-refractivity contribution in [2.45, 2.75) is 25.8 Å². The molecule has 0 aliphatic carbocycles. The third-order valence-electron chi connectivity index (χ3n) is 3.78. The molecule has 0 aromatic heterocycles.